The molecule has 2 unspecified atom stereocenters. The minimum atomic E-state index is -2.84. The summed E-state index contributed by atoms with van der Waals surface area (Å²) in [6, 6.07) is 8.45. The molecule has 0 amide bonds. The lowest BCUT2D eigenvalue weighted by molar-refractivity contribution is 0.398. The smallest absolute Gasteiger partial charge is 0.150 e. The van der Waals surface area contributed by atoms with Gasteiger partial charge in [-0.1, -0.05) is 29.8 Å². The number of hydrogen-bond acceptors (Lipinski definition) is 3. The van der Waals surface area contributed by atoms with Gasteiger partial charge in [0.2, 0.25) is 0 Å². The normalized spacial score (nSPS) is 24.0. The molecule has 2 rings (SSSR count). The molecular formula is C15H23NO2S. The summed E-state index contributed by atoms with van der Waals surface area (Å²) in [5, 5.41) is 3.22. The summed E-state index contributed by atoms with van der Waals surface area (Å²) >= 11 is 0. The van der Waals surface area contributed by atoms with Crippen LogP contribution in [0.2, 0.25) is 0 Å². The topological polar surface area (TPSA) is 46.2 Å². The third kappa shape index (κ3) is 3.80. The van der Waals surface area contributed by atoms with Crippen LogP contribution in [0, 0.1) is 12.8 Å². The van der Waals surface area contributed by atoms with Crippen LogP contribution < -0.4 is 5.32 Å². The Labute approximate surface area is 116 Å². The van der Waals surface area contributed by atoms with Crippen molar-refractivity contribution in [3.63, 3.8) is 0 Å². The van der Waals surface area contributed by atoms with Crippen LogP contribution in [0.5, 0.6) is 0 Å². The largest absolute Gasteiger partial charge is 0.319 e. The third-order valence-corrected chi connectivity index (χ3v) is 5.81. The SMILES string of the molecule is CNCC(c1cccc(C)c1)C1CCCS(=O)(=O)C1. The second kappa shape index (κ2) is 6.06. The van der Waals surface area contributed by atoms with Gasteiger partial charge in [0.25, 0.3) is 0 Å². The molecule has 0 radical (unpaired) electrons. The number of rotatable bonds is 4. The van der Waals surface area contributed by atoms with Crippen molar-refractivity contribution >= 4 is 9.84 Å². The summed E-state index contributed by atoms with van der Waals surface area (Å²) in [7, 11) is -0.910. The Bertz CT molecular complexity index is 525. The number of benzene rings is 1. The van der Waals surface area contributed by atoms with E-state index < -0.39 is 9.84 Å². The van der Waals surface area contributed by atoms with Crippen LogP contribution in [0.1, 0.15) is 29.9 Å². The highest BCUT2D eigenvalue weighted by Gasteiger charge is 2.31. The summed E-state index contributed by atoms with van der Waals surface area (Å²) in [6.07, 6.45) is 1.82. The highest BCUT2D eigenvalue weighted by atomic mass is 32.2. The molecule has 1 aliphatic rings. The maximum absolute atomic E-state index is 11.8. The third-order valence-electron chi connectivity index (χ3n) is 3.96. The number of sulfone groups is 1. The van der Waals surface area contributed by atoms with Gasteiger partial charge in [0.1, 0.15) is 0 Å². The molecule has 1 aliphatic heterocycles. The van der Waals surface area contributed by atoms with Crippen molar-refractivity contribution < 1.29 is 8.42 Å². The molecule has 3 nitrogen and oxygen atoms in total. The van der Waals surface area contributed by atoms with Gasteiger partial charge >= 0.3 is 0 Å². The summed E-state index contributed by atoms with van der Waals surface area (Å²) in [6.45, 7) is 2.92. The maximum Gasteiger partial charge on any atom is 0.150 e. The molecule has 0 bridgehead atoms. The first-order chi connectivity index (χ1) is 9.02. The maximum atomic E-state index is 11.8. The highest BCUT2D eigenvalue weighted by Crippen LogP contribution is 2.32. The Kier molecular flexibility index (Phi) is 4.63. The van der Waals surface area contributed by atoms with Crippen molar-refractivity contribution in [2.75, 3.05) is 25.1 Å². The molecule has 0 aromatic heterocycles. The molecule has 1 aromatic carbocycles. The van der Waals surface area contributed by atoms with Crippen molar-refractivity contribution in [2.45, 2.75) is 25.7 Å². The van der Waals surface area contributed by atoms with Crippen LogP contribution in [0.3, 0.4) is 0 Å². The zero-order chi connectivity index (χ0) is 13.9. The molecule has 19 heavy (non-hydrogen) atoms. The number of aryl methyl sites for hydroxylation is 1. The van der Waals surface area contributed by atoms with Crippen LogP contribution in [-0.2, 0) is 9.84 Å². The first-order valence-corrected chi connectivity index (χ1v) is 8.75. The predicted molar refractivity (Wildman–Crippen MR) is 79.2 cm³/mol. The number of hydrogen-bond donors (Lipinski definition) is 1. The predicted octanol–water partition coefficient (Wildman–Crippen LogP) is 2.12. The number of likely N-dealkylation sites (N-methyl/N-ethyl adjacent to an activating group) is 1. The fourth-order valence-corrected chi connectivity index (χ4v) is 4.88. The first kappa shape index (κ1) is 14.5. The van der Waals surface area contributed by atoms with Gasteiger partial charge in [-0.2, -0.15) is 0 Å². The summed E-state index contributed by atoms with van der Waals surface area (Å²) in [5.41, 5.74) is 2.49. The van der Waals surface area contributed by atoms with Crippen LogP contribution in [0.25, 0.3) is 0 Å². The van der Waals surface area contributed by atoms with E-state index in [1.165, 1.54) is 11.1 Å². The molecule has 2 atom stereocenters. The molecule has 1 heterocycles. The fraction of sp³-hybridized carbons (Fsp3) is 0.600. The summed E-state index contributed by atoms with van der Waals surface area (Å²) < 4.78 is 23.7. The molecule has 1 saturated heterocycles. The fourth-order valence-electron chi connectivity index (χ4n) is 3.05. The van der Waals surface area contributed by atoms with Crippen molar-refractivity contribution in [1.29, 1.82) is 0 Å². The van der Waals surface area contributed by atoms with Gasteiger partial charge in [0, 0.05) is 12.5 Å². The van der Waals surface area contributed by atoms with E-state index in [2.05, 4.69) is 36.5 Å². The lowest BCUT2D eigenvalue weighted by atomic mass is 9.83. The molecule has 106 valence electrons. The lowest BCUT2D eigenvalue weighted by Gasteiger charge is -2.30. The van der Waals surface area contributed by atoms with E-state index >= 15 is 0 Å². The Hall–Kier alpha value is -0.870. The lowest BCUT2D eigenvalue weighted by Crippen LogP contribution is -2.33. The zero-order valence-electron chi connectivity index (χ0n) is 11.7. The van der Waals surface area contributed by atoms with E-state index in [1.807, 2.05) is 7.05 Å². The van der Waals surface area contributed by atoms with Crippen LogP contribution >= 0.6 is 0 Å². The quantitative estimate of drug-likeness (QED) is 0.919. The van der Waals surface area contributed by atoms with Crippen molar-refractivity contribution in [3.05, 3.63) is 35.4 Å². The molecule has 0 saturated carbocycles. The Balaban J connectivity index is 2.24. The highest BCUT2D eigenvalue weighted by molar-refractivity contribution is 7.91. The Morgan fingerprint density at radius 3 is 2.84 bits per heavy atom. The monoisotopic (exact) mass is 281 g/mol. The van der Waals surface area contributed by atoms with Gasteiger partial charge in [0.05, 0.1) is 11.5 Å². The summed E-state index contributed by atoms with van der Waals surface area (Å²) in [4.78, 5) is 0. The van der Waals surface area contributed by atoms with E-state index in [0.717, 1.165) is 19.4 Å². The summed E-state index contributed by atoms with van der Waals surface area (Å²) in [5.74, 6) is 1.24. The van der Waals surface area contributed by atoms with Gasteiger partial charge in [-0.25, -0.2) is 8.42 Å². The van der Waals surface area contributed by atoms with Gasteiger partial charge in [-0.15, -0.1) is 0 Å². The van der Waals surface area contributed by atoms with Crippen molar-refractivity contribution in [3.8, 4) is 0 Å². The van der Waals surface area contributed by atoms with Gasteiger partial charge in [-0.05, 0) is 38.3 Å². The van der Waals surface area contributed by atoms with E-state index in [-0.39, 0.29) is 5.92 Å². The van der Waals surface area contributed by atoms with Crippen LogP contribution in [0.15, 0.2) is 24.3 Å². The van der Waals surface area contributed by atoms with E-state index in [4.69, 9.17) is 0 Å². The Morgan fingerprint density at radius 1 is 1.42 bits per heavy atom. The average Bonchev–Trinajstić information content (AvgIpc) is 2.34. The van der Waals surface area contributed by atoms with Crippen LogP contribution in [0.4, 0.5) is 0 Å². The molecule has 1 aromatic rings. The van der Waals surface area contributed by atoms with Gasteiger partial charge in [0.15, 0.2) is 9.84 Å². The Morgan fingerprint density at radius 2 is 2.21 bits per heavy atom. The second-order valence-corrected chi connectivity index (χ2v) is 7.82. The van der Waals surface area contributed by atoms with Gasteiger partial charge in [-0.3, -0.25) is 0 Å². The van der Waals surface area contributed by atoms with Crippen LogP contribution in [-0.4, -0.2) is 33.5 Å². The number of nitrogens with one attached hydrogen (secondary N) is 1. The molecular weight excluding hydrogens is 258 g/mol. The van der Waals surface area contributed by atoms with E-state index in [0.29, 0.717) is 17.4 Å². The van der Waals surface area contributed by atoms with E-state index in [1.54, 1.807) is 0 Å². The first-order valence-electron chi connectivity index (χ1n) is 6.93. The minimum Gasteiger partial charge on any atom is -0.319 e. The van der Waals surface area contributed by atoms with Crippen molar-refractivity contribution in [1.82, 2.24) is 5.32 Å². The molecule has 0 aliphatic carbocycles. The minimum absolute atomic E-state index is 0.244. The standard InChI is InChI=1S/C15H23NO2S/c1-12-5-3-6-13(9-12)15(10-16-2)14-7-4-8-19(17,18)11-14/h3,5-6,9,14-16H,4,7-8,10-11H2,1-2H3. The molecule has 4 heteroatoms. The average molecular weight is 281 g/mol. The molecule has 1 fully saturated rings. The van der Waals surface area contributed by atoms with Gasteiger partial charge < -0.3 is 5.32 Å². The molecule has 0 spiro atoms. The van der Waals surface area contributed by atoms with Crippen molar-refractivity contribution in [2.24, 2.45) is 5.92 Å². The molecule has 1 N–H and O–H groups in total. The second-order valence-electron chi connectivity index (χ2n) is 5.59. The van der Waals surface area contributed by atoms with E-state index in [9.17, 15) is 8.42 Å². The zero-order valence-corrected chi connectivity index (χ0v) is 12.5.